The van der Waals surface area contributed by atoms with Gasteiger partial charge >= 0.3 is 0 Å². The first-order valence-electron chi connectivity index (χ1n) is 9.22. The number of piperazine rings is 1. The summed E-state index contributed by atoms with van der Waals surface area (Å²) in [6.45, 7) is 7.44. The van der Waals surface area contributed by atoms with E-state index in [2.05, 4.69) is 25.1 Å². The van der Waals surface area contributed by atoms with Crippen LogP contribution >= 0.6 is 0 Å². The average Bonchev–Trinajstić information content (AvgIpc) is 2.74. The van der Waals surface area contributed by atoms with Gasteiger partial charge in [-0.1, -0.05) is 0 Å². The van der Waals surface area contributed by atoms with Gasteiger partial charge in [-0.15, -0.1) is 0 Å². The highest BCUT2D eigenvalue weighted by molar-refractivity contribution is 5.97. The number of hydrogen-bond acceptors (Lipinski definition) is 8. The SMILES string of the molecule is N#C/C(=C/N1CCN(c2ncccn2)CC1)C(=O)NCCN1CCOCC1. The van der Waals surface area contributed by atoms with Gasteiger partial charge in [0.05, 0.1) is 13.2 Å². The van der Waals surface area contributed by atoms with Crippen molar-refractivity contribution in [2.24, 2.45) is 0 Å². The lowest BCUT2D eigenvalue weighted by Gasteiger charge is -2.34. The summed E-state index contributed by atoms with van der Waals surface area (Å²) in [7, 11) is 0. The summed E-state index contributed by atoms with van der Waals surface area (Å²) in [4.78, 5) is 27.1. The molecular weight excluding hydrogens is 346 g/mol. The molecule has 1 N–H and O–H groups in total. The van der Waals surface area contributed by atoms with Crippen LogP contribution in [0.1, 0.15) is 0 Å². The van der Waals surface area contributed by atoms with Crippen LogP contribution in [0.5, 0.6) is 0 Å². The fraction of sp³-hybridized carbons (Fsp3) is 0.556. The molecule has 1 aromatic rings. The highest BCUT2D eigenvalue weighted by atomic mass is 16.5. The van der Waals surface area contributed by atoms with Crippen molar-refractivity contribution in [1.82, 2.24) is 25.1 Å². The van der Waals surface area contributed by atoms with E-state index in [1.54, 1.807) is 24.7 Å². The first-order valence-corrected chi connectivity index (χ1v) is 9.22. The van der Waals surface area contributed by atoms with Crippen LogP contribution in [0.4, 0.5) is 5.95 Å². The Morgan fingerprint density at radius 1 is 1.19 bits per heavy atom. The molecule has 144 valence electrons. The third kappa shape index (κ3) is 5.64. The van der Waals surface area contributed by atoms with Crippen molar-refractivity contribution in [2.45, 2.75) is 0 Å². The number of rotatable bonds is 6. The lowest BCUT2D eigenvalue weighted by atomic mass is 10.2. The van der Waals surface area contributed by atoms with E-state index in [1.807, 2.05) is 11.0 Å². The van der Waals surface area contributed by atoms with Crippen LogP contribution in [0.2, 0.25) is 0 Å². The largest absolute Gasteiger partial charge is 0.379 e. The van der Waals surface area contributed by atoms with Crippen LogP contribution in [0.15, 0.2) is 30.2 Å². The average molecular weight is 371 g/mol. The molecule has 2 aliphatic rings. The topological polar surface area (TPSA) is 97.6 Å². The van der Waals surface area contributed by atoms with E-state index in [9.17, 15) is 10.1 Å². The monoisotopic (exact) mass is 371 g/mol. The standard InChI is InChI=1S/C18H25N7O2/c19-14-16(17(26)20-4-5-23-10-12-27-13-11-23)15-24-6-8-25(9-7-24)18-21-2-1-3-22-18/h1-3,15H,4-13H2,(H,20,26)/b16-15-. The normalized spacial score (nSPS) is 18.9. The number of nitriles is 1. The van der Waals surface area contributed by atoms with Gasteiger partial charge in [-0.3, -0.25) is 9.69 Å². The number of carbonyl (C=O) groups is 1. The zero-order valence-electron chi connectivity index (χ0n) is 15.4. The molecule has 9 heteroatoms. The van der Waals surface area contributed by atoms with E-state index in [4.69, 9.17) is 4.74 Å². The molecular formula is C18H25N7O2. The van der Waals surface area contributed by atoms with Crippen molar-refractivity contribution in [3.05, 3.63) is 30.2 Å². The number of aromatic nitrogens is 2. The zero-order valence-corrected chi connectivity index (χ0v) is 15.4. The Bertz CT molecular complexity index is 675. The van der Waals surface area contributed by atoms with E-state index in [-0.39, 0.29) is 11.5 Å². The third-order valence-corrected chi connectivity index (χ3v) is 4.64. The Balaban J connectivity index is 1.45. The molecule has 0 aliphatic carbocycles. The number of nitrogens with one attached hydrogen (secondary N) is 1. The summed E-state index contributed by atoms with van der Waals surface area (Å²) >= 11 is 0. The highest BCUT2D eigenvalue weighted by Gasteiger charge is 2.19. The Morgan fingerprint density at radius 3 is 2.56 bits per heavy atom. The fourth-order valence-corrected chi connectivity index (χ4v) is 3.07. The molecule has 0 aromatic carbocycles. The second-order valence-corrected chi connectivity index (χ2v) is 6.44. The minimum atomic E-state index is -0.320. The van der Waals surface area contributed by atoms with Gasteiger partial charge in [0.15, 0.2) is 0 Å². The number of amides is 1. The molecule has 2 saturated heterocycles. The maximum Gasteiger partial charge on any atom is 0.263 e. The molecule has 2 fully saturated rings. The minimum Gasteiger partial charge on any atom is -0.379 e. The molecule has 0 atom stereocenters. The van der Waals surface area contributed by atoms with E-state index >= 15 is 0 Å². The van der Waals surface area contributed by atoms with E-state index in [0.29, 0.717) is 25.6 Å². The molecule has 0 saturated carbocycles. The van der Waals surface area contributed by atoms with Crippen LogP contribution in [-0.4, -0.2) is 91.2 Å². The number of nitrogens with zero attached hydrogens (tertiary/aromatic N) is 6. The minimum absolute atomic E-state index is 0.140. The predicted octanol–water partition coefficient (Wildman–Crippen LogP) is -0.546. The van der Waals surface area contributed by atoms with Gasteiger partial charge < -0.3 is 19.9 Å². The molecule has 3 heterocycles. The summed E-state index contributed by atoms with van der Waals surface area (Å²) in [6.07, 6.45) is 5.11. The molecule has 27 heavy (non-hydrogen) atoms. The summed E-state index contributed by atoms with van der Waals surface area (Å²) in [5.74, 6) is 0.391. The molecule has 0 spiro atoms. The molecule has 0 unspecified atom stereocenters. The molecule has 0 radical (unpaired) electrons. The lowest BCUT2D eigenvalue weighted by Crippen LogP contribution is -2.45. The van der Waals surface area contributed by atoms with Gasteiger partial charge in [-0.05, 0) is 6.07 Å². The van der Waals surface area contributed by atoms with Gasteiger partial charge in [-0.2, -0.15) is 5.26 Å². The number of anilines is 1. The van der Waals surface area contributed by atoms with E-state index in [0.717, 1.165) is 45.9 Å². The first-order chi connectivity index (χ1) is 13.3. The quantitative estimate of drug-likeness (QED) is 0.526. The van der Waals surface area contributed by atoms with Crippen LogP contribution < -0.4 is 10.2 Å². The molecule has 1 amide bonds. The number of hydrogen-bond donors (Lipinski definition) is 1. The fourth-order valence-electron chi connectivity index (χ4n) is 3.07. The Kier molecular flexibility index (Phi) is 6.96. The number of morpholine rings is 1. The van der Waals surface area contributed by atoms with Gasteiger partial charge in [0.1, 0.15) is 11.6 Å². The van der Waals surface area contributed by atoms with Crippen molar-refractivity contribution in [1.29, 1.82) is 5.26 Å². The van der Waals surface area contributed by atoms with Crippen LogP contribution in [0, 0.1) is 11.3 Å². The molecule has 1 aromatic heterocycles. The third-order valence-electron chi connectivity index (χ3n) is 4.64. The maximum absolute atomic E-state index is 12.3. The smallest absolute Gasteiger partial charge is 0.263 e. The lowest BCUT2D eigenvalue weighted by molar-refractivity contribution is -0.117. The first kappa shape index (κ1) is 19.1. The van der Waals surface area contributed by atoms with Crippen molar-refractivity contribution in [3.63, 3.8) is 0 Å². The van der Waals surface area contributed by atoms with Crippen LogP contribution in [0.3, 0.4) is 0 Å². The van der Waals surface area contributed by atoms with Crippen molar-refractivity contribution in [3.8, 4) is 6.07 Å². The zero-order chi connectivity index (χ0) is 18.9. The van der Waals surface area contributed by atoms with Crippen molar-refractivity contribution in [2.75, 3.05) is 70.5 Å². The van der Waals surface area contributed by atoms with Gasteiger partial charge in [0.2, 0.25) is 5.95 Å². The summed E-state index contributed by atoms with van der Waals surface area (Å²) < 4.78 is 5.31. The van der Waals surface area contributed by atoms with Crippen LogP contribution in [-0.2, 0) is 9.53 Å². The highest BCUT2D eigenvalue weighted by Crippen LogP contribution is 2.10. The summed E-state index contributed by atoms with van der Waals surface area (Å²) in [5, 5.41) is 12.2. The Labute approximate surface area is 159 Å². The molecule has 0 bridgehead atoms. The van der Waals surface area contributed by atoms with Gasteiger partial charge in [-0.25, -0.2) is 9.97 Å². The maximum atomic E-state index is 12.3. The van der Waals surface area contributed by atoms with Gasteiger partial charge in [0.25, 0.3) is 5.91 Å². The van der Waals surface area contributed by atoms with Gasteiger partial charge in [0, 0.05) is 71.0 Å². The molecule has 9 nitrogen and oxygen atoms in total. The summed E-state index contributed by atoms with van der Waals surface area (Å²) in [6, 6.07) is 3.81. The molecule has 2 aliphatic heterocycles. The number of ether oxygens (including phenoxy) is 1. The van der Waals surface area contributed by atoms with E-state index in [1.165, 1.54) is 0 Å². The van der Waals surface area contributed by atoms with Crippen molar-refractivity contribution >= 4 is 11.9 Å². The summed E-state index contributed by atoms with van der Waals surface area (Å²) in [5.41, 5.74) is 0.140. The van der Waals surface area contributed by atoms with E-state index < -0.39 is 0 Å². The predicted molar refractivity (Wildman–Crippen MR) is 99.8 cm³/mol. The number of carbonyl (C=O) groups excluding carboxylic acids is 1. The van der Waals surface area contributed by atoms with Crippen molar-refractivity contribution < 1.29 is 9.53 Å². The Morgan fingerprint density at radius 2 is 1.89 bits per heavy atom. The van der Waals surface area contributed by atoms with Crippen LogP contribution in [0.25, 0.3) is 0 Å². The second-order valence-electron chi connectivity index (χ2n) is 6.44. The Hall–Kier alpha value is -2.70. The second kappa shape index (κ2) is 9.85. The molecule has 3 rings (SSSR count).